The van der Waals surface area contributed by atoms with E-state index in [0.29, 0.717) is 42.2 Å². The summed E-state index contributed by atoms with van der Waals surface area (Å²) in [6.07, 6.45) is 1.32. The van der Waals surface area contributed by atoms with Crippen LogP contribution in [-0.4, -0.2) is 58.2 Å². The van der Waals surface area contributed by atoms with E-state index in [1.165, 1.54) is 4.90 Å². The lowest BCUT2D eigenvalue weighted by atomic mass is 9.78. The Morgan fingerprint density at radius 2 is 1.69 bits per heavy atom. The summed E-state index contributed by atoms with van der Waals surface area (Å²) >= 11 is 0. The van der Waals surface area contributed by atoms with Crippen molar-refractivity contribution in [3.63, 3.8) is 0 Å². The third-order valence-corrected chi connectivity index (χ3v) is 8.99. The van der Waals surface area contributed by atoms with Crippen molar-refractivity contribution in [2.45, 2.75) is 82.5 Å². The molecule has 11 heteroatoms. The van der Waals surface area contributed by atoms with Crippen LogP contribution in [0.4, 0.5) is 9.18 Å². The van der Waals surface area contributed by atoms with E-state index >= 15 is 0 Å². The van der Waals surface area contributed by atoms with Crippen molar-refractivity contribution >= 4 is 34.8 Å². The molecule has 240 valence electrons. The molecular weight excluding hydrogens is 581 g/mol. The Morgan fingerprint density at radius 1 is 1.04 bits per heavy atom. The van der Waals surface area contributed by atoms with Gasteiger partial charge in [0.05, 0.1) is 12.1 Å². The number of carbonyl (C=O) groups is 4. The fraction of sp³-hybridized carbons (Fsp3) is 0.471. The summed E-state index contributed by atoms with van der Waals surface area (Å²) in [6, 6.07) is 13.6. The third-order valence-electron chi connectivity index (χ3n) is 8.99. The monoisotopic (exact) mass is 621 g/mol. The molecule has 10 nitrogen and oxygen atoms in total. The number of alkyl carbamates (subject to hydrolysis) is 1. The number of likely N-dealkylation sites (tertiary alicyclic amines) is 1. The quantitative estimate of drug-likeness (QED) is 0.291. The molecule has 2 fully saturated rings. The van der Waals surface area contributed by atoms with Crippen molar-refractivity contribution in [3.05, 3.63) is 71.5 Å². The molecule has 2 heterocycles. The lowest BCUT2D eigenvalue weighted by Gasteiger charge is -2.37. The second-order valence-electron chi connectivity index (χ2n) is 13.0. The molecule has 0 bridgehead atoms. The maximum absolute atomic E-state index is 14.5. The average molecular weight is 622 g/mol. The van der Waals surface area contributed by atoms with Crippen molar-refractivity contribution in [2.75, 3.05) is 6.67 Å². The number of primary amides is 1. The summed E-state index contributed by atoms with van der Waals surface area (Å²) in [5, 5.41) is 13.3. The molecule has 5 rings (SSSR count). The van der Waals surface area contributed by atoms with Gasteiger partial charge < -0.3 is 30.2 Å². The number of carbonyl (C=O) groups excluding carboxylic acids is 3. The normalized spacial score (nSPS) is 24.3. The Kier molecular flexibility index (Phi) is 9.18. The summed E-state index contributed by atoms with van der Waals surface area (Å²) in [4.78, 5) is 53.9. The van der Waals surface area contributed by atoms with Gasteiger partial charge in [-0.2, -0.15) is 0 Å². The Balaban J connectivity index is 1.46. The first kappa shape index (κ1) is 32.0. The van der Waals surface area contributed by atoms with Gasteiger partial charge in [-0.1, -0.05) is 48.5 Å². The van der Waals surface area contributed by atoms with E-state index in [9.17, 15) is 28.7 Å². The highest BCUT2D eigenvalue weighted by molar-refractivity contribution is 5.97. The number of ether oxygens (including phenoxy) is 1. The number of nitrogens with one attached hydrogen (secondary N) is 1. The summed E-state index contributed by atoms with van der Waals surface area (Å²) in [6.45, 7) is 4.41. The molecule has 4 atom stereocenters. The molecule has 1 saturated carbocycles. The number of carboxylic acid groups (broad SMARTS) is 1. The molecule has 1 aromatic heterocycles. The van der Waals surface area contributed by atoms with Crippen LogP contribution in [-0.2, 0) is 14.3 Å². The second kappa shape index (κ2) is 12.9. The van der Waals surface area contributed by atoms with E-state index in [4.69, 9.17) is 14.9 Å². The topological polar surface area (TPSA) is 152 Å². The highest BCUT2D eigenvalue weighted by atomic mass is 19.1. The van der Waals surface area contributed by atoms with E-state index in [-0.39, 0.29) is 24.0 Å². The van der Waals surface area contributed by atoms with Gasteiger partial charge in [0.1, 0.15) is 23.9 Å². The van der Waals surface area contributed by atoms with Gasteiger partial charge in [0.25, 0.3) is 0 Å². The molecule has 3 aromatic rings. The smallest absolute Gasteiger partial charge is 0.407 e. The van der Waals surface area contributed by atoms with E-state index in [1.807, 2.05) is 30.3 Å². The molecule has 0 spiro atoms. The summed E-state index contributed by atoms with van der Waals surface area (Å²) < 4.78 is 25.1. The molecule has 45 heavy (non-hydrogen) atoms. The predicted octanol–water partition coefficient (Wildman–Crippen LogP) is 5.71. The van der Waals surface area contributed by atoms with Crippen molar-refractivity contribution in [1.82, 2.24) is 10.2 Å². The minimum atomic E-state index is -1.28. The zero-order valence-electron chi connectivity index (χ0n) is 25.7. The van der Waals surface area contributed by atoms with Gasteiger partial charge in [0.2, 0.25) is 17.6 Å². The zero-order valence-corrected chi connectivity index (χ0v) is 25.7. The van der Waals surface area contributed by atoms with Crippen LogP contribution in [0.1, 0.15) is 86.5 Å². The number of fused-ring (bicyclic) bond motifs is 1. The number of amides is 3. The number of furan rings is 1. The Bertz CT molecular complexity index is 1560. The van der Waals surface area contributed by atoms with Crippen LogP contribution in [0.5, 0.6) is 0 Å². The Morgan fingerprint density at radius 3 is 2.29 bits per heavy atom. The largest absolute Gasteiger partial charge is 0.475 e. The van der Waals surface area contributed by atoms with Crippen molar-refractivity contribution in [2.24, 2.45) is 17.6 Å². The molecule has 1 aliphatic heterocycles. The van der Waals surface area contributed by atoms with Crippen LogP contribution in [0.3, 0.4) is 0 Å². The van der Waals surface area contributed by atoms with Crippen LogP contribution in [0, 0.1) is 11.8 Å². The van der Waals surface area contributed by atoms with Crippen molar-refractivity contribution in [1.29, 1.82) is 0 Å². The minimum absolute atomic E-state index is 0.207. The highest BCUT2D eigenvalue weighted by Gasteiger charge is 2.51. The molecule has 3 amide bonds. The van der Waals surface area contributed by atoms with Crippen LogP contribution < -0.4 is 11.1 Å². The van der Waals surface area contributed by atoms with Gasteiger partial charge in [-0.3, -0.25) is 9.59 Å². The first-order valence-corrected chi connectivity index (χ1v) is 15.4. The second-order valence-corrected chi connectivity index (χ2v) is 13.0. The van der Waals surface area contributed by atoms with E-state index in [1.54, 1.807) is 45.0 Å². The fourth-order valence-electron chi connectivity index (χ4n) is 7.05. The predicted molar refractivity (Wildman–Crippen MR) is 164 cm³/mol. The number of hydrogen-bond donors (Lipinski definition) is 3. The first-order valence-electron chi connectivity index (χ1n) is 15.4. The third kappa shape index (κ3) is 6.67. The van der Waals surface area contributed by atoms with E-state index in [2.05, 4.69) is 5.32 Å². The average Bonchev–Trinajstić information content (AvgIpc) is 3.59. The zero-order chi connectivity index (χ0) is 32.5. The summed E-state index contributed by atoms with van der Waals surface area (Å²) in [5.41, 5.74) is 6.81. The lowest BCUT2D eigenvalue weighted by Crippen LogP contribution is -2.50. The SMILES string of the molecule is CC(C)(C)OC(=O)N[C@H](CF)C1CCC(C(=O)N2C(c3c(C(=O)O)oc4ccccc34)C[C@@H](c3ccccc3)[C@H]2C(N)=O)CC1. The maximum atomic E-state index is 14.5. The Labute approximate surface area is 261 Å². The number of alkyl halides is 1. The number of nitrogens with zero attached hydrogens (tertiary/aromatic N) is 1. The van der Waals surface area contributed by atoms with Crippen LogP contribution in [0.15, 0.2) is 59.0 Å². The Hall–Kier alpha value is -4.41. The number of nitrogens with two attached hydrogens (primary N) is 1. The molecule has 2 aliphatic rings. The summed E-state index contributed by atoms with van der Waals surface area (Å²) in [7, 11) is 0. The lowest BCUT2D eigenvalue weighted by molar-refractivity contribution is -0.144. The van der Waals surface area contributed by atoms with Crippen LogP contribution in [0.25, 0.3) is 11.0 Å². The molecule has 1 aliphatic carbocycles. The van der Waals surface area contributed by atoms with Gasteiger partial charge in [-0.15, -0.1) is 0 Å². The molecule has 0 radical (unpaired) electrons. The number of aromatic carboxylic acids is 1. The molecule has 1 saturated heterocycles. The van der Waals surface area contributed by atoms with Gasteiger partial charge in [0, 0.05) is 22.8 Å². The number of halogens is 1. The first-order chi connectivity index (χ1) is 21.4. The van der Waals surface area contributed by atoms with Gasteiger partial charge in [0.15, 0.2) is 0 Å². The molecular formula is C34H40FN3O7. The van der Waals surface area contributed by atoms with Gasteiger partial charge in [-0.25, -0.2) is 14.0 Å². The highest BCUT2D eigenvalue weighted by Crippen LogP contribution is 2.50. The molecule has 2 aromatic carbocycles. The standard InChI is InChI=1S/C34H40FN3O7/c1-34(2,3)45-33(43)37-24(18-35)20-13-15-21(16-14-20)31(40)38-25(17-23(28(38)30(36)39)19-9-5-4-6-10-19)27-22-11-7-8-12-26(22)44-29(27)32(41)42/h4-12,20-21,23-25,28H,13-18H2,1-3H3,(H2,36,39)(H,37,43)(H,41,42)/t20?,21?,23-,24+,25?,28-/m0/s1. The van der Waals surface area contributed by atoms with E-state index < -0.39 is 60.2 Å². The number of carboxylic acids is 1. The number of rotatable bonds is 8. The van der Waals surface area contributed by atoms with Gasteiger partial charge >= 0.3 is 12.1 Å². The fourth-order valence-corrected chi connectivity index (χ4v) is 7.05. The number of para-hydroxylation sites is 1. The van der Waals surface area contributed by atoms with Crippen molar-refractivity contribution < 1.29 is 37.8 Å². The van der Waals surface area contributed by atoms with Crippen LogP contribution in [0.2, 0.25) is 0 Å². The summed E-state index contributed by atoms with van der Waals surface area (Å²) in [5.74, 6) is -3.73. The van der Waals surface area contributed by atoms with Crippen LogP contribution >= 0.6 is 0 Å². The number of benzene rings is 2. The van der Waals surface area contributed by atoms with Crippen molar-refractivity contribution in [3.8, 4) is 0 Å². The molecule has 1 unspecified atom stereocenters. The molecule has 4 N–H and O–H groups in total. The van der Waals surface area contributed by atoms with E-state index in [0.717, 1.165) is 5.56 Å². The minimum Gasteiger partial charge on any atom is -0.475 e. The van der Waals surface area contributed by atoms with Gasteiger partial charge in [-0.05, 0) is 70.4 Å². The maximum Gasteiger partial charge on any atom is 0.407 e. The number of hydrogen-bond acceptors (Lipinski definition) is 6.